The second-order valence-electron chi connectivity index (χ2n) is 8.23. The summed E-state index contributed by atoms with van der Waals surface area (Å²) in [7, 11) is -3.94. The van der Waals surface area contributed by atoms with Crippen LogP contribution in [0.15, 0.2) is 88.7 Å². The molecule has 3 aromatic carbocycles. The minimum Gasteiger partial charge on any atom is -0.450 e. The third-order valence-corrected chi connectivity index (χ3v) is 7.46. The predicted octanol–water partition coefficient (Wildman–Crippen LogP) is 4.37. The smallest absolute Gasteiger partial charge is 0.268 e. The van der Waals surface area contributed by atoms with Crippen molar-refractivity contribution in [1.82, 2.24) is 14.2 Å². The van der Waals surface area contributed by atoms with E-state index in [0.717, 1.165) is 3.97 Å². The van der Waals surface area contributed by atoms with Gasteiger partial charge < -0.3 is 10.5 Å². The van der Waals surface area contributed by atoms with Crippen LogP contribution in [0.3, 0.4) is 0 Å². The van der Waals surface area contributed by atoms with E-state index in [2.05, 4.69) is 10.2 Å². The number of hydrogen-bond acceptors (Lipinski definition) is 6. The highest BCUT2D eigenvalue weighted by molar-refractivity contribution is 7.90. The average Bonchev–Trinajstić information content (AvgIpc) is 3.32. The number of fused-ring (bicyclic) bond motifs is 1. The van der Waals surface area contributed by atoms with Gasteiger partial charge in [-0.2, -0.15) is 5.10 Å². The third kappa shape index (κ3) is 4.11. The average molecular weight is 505 g/mol. The summed E-state index contributed by atoms with van der Waals surface area (Å²) in [5, 5.41) is 6.94. The van der Waals surface area contributed by atoms with Crippen molar-refractivity contribution in [2.75, 3.05) is 5.73 Å². The molecule has 0 amide bonds. The third-order valence-electron chi connectivity index (χ3n) is 5.77. The molecule has 3 N–H and O–H groups in total. The summed E-state index contributed by atoms with van der Waals surface area (Å²) in [5.41, 5.74) is 7.21. The Balaban J connectivity index is 1.58. The van der Waals surface area contributed by atoms with Crippen LogP contribution < -0.4 is 16.0 Å². The first kappa shape index (κ1) is 23.3. The molecule has 0 unspecified atom stereocenters. The Hall–Kier alpha value is -4.44. The van der Waals surface area contributed by atoms with Gasteiger partial charge in [-0.25, -0.2) is 21.9 Å². The van der Waals surface area contributed by atoms with Crippen LogP contribution in [0.25, 0.3) is 10.9 Å². The van der Waals surface area contributed by atoms with Crippen LogP contribution in [0.4, 0.5) is 10.1 Å². The second kappa shape index (κ2) is 8.97. The van der Waals surface area contributed by atoms with Gasteiger partial charge >= 0.3 is 0 Å². The number of ether oxygens (including phenoxy) is 1. The number of aromatic nitrogens is 3. The van der Waals surface area contributed by atoms with E-state index in [0.29, 0.717) is 16.6 Å². The molecule has 0 aliphatic carbocycles. The lowest BCUT2D eigenvalue weighted by atomic mass is 10.1. The summed E-state index contributed by atoms with van der Waals surface area (Å²) >= 11 is 0. The molecule has 10 heteroatoms. The van der Waals surface area contributed by atoms with E-state index in [9.17, 15) is 13.2 Å². The lowest BCUT2D eigenvalue weighted by Crippen LogP contribution is -2.13. The van der Waals surface area contributed by atoms with Crippen LogP contribution in [0, 0.1) is 12.7 Å². The molecule has 0 saturated heterocycles. The molecule has 182 valence electrons. The molecule has 0 spiro atoms. The van der Waals surface area contributed by atoms with E-state index in [-0.39, 0.29) is 45.1 Å². The number of anilines is 1. The van der Waals surface area contributed by atoms with E-state index in [1.165, 1.54) is 30.5 Å². The summed E-state index contributed by atoms with van der Waals surface area (Å²) in [5.74, 6) is -0.814. The lowest BCUT2D eigenvalue weighted by Gasteiger charge is -2.15. The van der Waals surface area contributed by atoms with Crippen LogP contribution in [-0.4, -0.2) is 22.6 Å². The fraction of sp³-hybridized carbons (Fsp3) is 0.0769. The number of nitrogens with two attached hydrogens (primary N) is 1. The number of aromatic amines is 1. The summed E-state index contributed by atoms with van der Waals surface area (Å²) in [6, 6.07) is 19.2. The van der Waals surface area contributed by atoms with Gasteiger partial charge in [-0.3, -0.25) is 4.79 Å². The number of nitrogen functional groups attached to an aromatic ring is 1. The molecule has 5 rings (SSSR count). The van der Waals surface area contributed by atoms with Gasteiger partial charge in [0.25, 0.3) is 15.6 Å². The number of H-pyrrole nitrogens is 1. The highest BCUT2D eigenvalue weighted by Crippen LogP contribution is 2.37. The Morgan fingerprint density at radius 1 is 1.06 bits per heavy atom. The van der Waals surface area contributed by atoms with Crippen LogP contribution >= 0.6 is 0 Å². The van der Waals surface area contributed by atoms with Gasteiger partial charge in [0.05, 0.1) is 16.3 Å². The number of aryl methyl sites for hydroxylation is 1. The maximum Gasteiger partial charge on any atom is 0.268 e. The van der Waals surface area contributed by atoms with Gasteiger partial charge in [-0.15, -0.1) is 0 Å². The number of halogens is 1. The van der Waals surface area contributed by atoms with Crippen molar-refractivity contribution in [1.29, 1.82) is 0 Å². The van der Waals surface area contributed by atoms with Crippen LogP contribution in [0.2, 0.25) is 0 Å². The van der Waals surface area contributed by atoms with E-state index in [1.54, 1.807) is 55.5 Å². The Kier molecular flexibility index (Phi) is 5.81. The fourth-order valence-corrected chi connectivity index (χ4v) is 5.31. The van der Waals surface area contributed by atoms with Crippen molar-refractivity contribution in [3.05, 3.63) is 112 Å². The van der Waals surface area contributed by atoms with Gasteiger partial charge in [-0.1, -0.05) is 36.4 Å². The maximum atomic E-state index is 15.6. The maximum absolute atomic E-state index is 15.6. The van der Waals surface area contributed by atoms with E-state index >= 15 is 4.39 Å². The Labute approximate surface area is 205 Å². The molecule has 5 aromatic rings. The number of rotatable bonds is 6. The van der Waals surface area contributed by atoms with Gasteiger partial charge in [0.1, 0.15) is 5.52 Å². The molecule has 36 heavy (non-hydrogen) atoms. The first-order valence-electron chi connectivity index (χ1n) is 11.0. The molecule has 0 bridgehead atoms. The van der Waals surface area contributed by atoms with Crippen molar-refractivity contribution < 1.29 is 17.5 Å². The standard InChI is InChI=1S/C26H21FN4O4S/c1-16-14-19(29-30-26(16)32)15-18-10-11-21(28)25(23(18)27)35-22-9-5-6-17-12-13-31(24(17)22)36(33,34)20-7-3-2-4-8-20/h2-14H,15,28H2,1H3,(H,30,32). The zero-order valence-corrected chi connectivity index (χ0v) is 19.9. The molecule has 0 atom stereocenters. The van der Waals surface area contributed by atoms with E-state index < -0.39 is 15.8 Å². The molecule has 0 saturated carbocycles. The minimum atomic E-state index is -3.94. The van der Waals surface area contributed by atoms with Gasteiger partial charge in [0, 0.05) is 23.6 Å². The normalized spacial score (nSPS) is 11.6. The molecule has 0 aliphatic rings. The van der Waals surface area contributed by atoms with E-state index in [4.69, 9.17) is 10.5 Å². The minimum absolute atomic E-state index is 0.0443. The molecule has 2 aromatic heterocycles. The Bertz CT molecular complexity index is 1760. The van der Waals surface area contributed by atoms with Crippen molar-refractivity contribution in [3.8, 4) is 11.5 Å². The summed E-state index contributed by atoms with van der Waals surface area (Å²) in [6.45, 7) is 1.64. The van der Waals surface area contributed by atoms with Gasteiger partial charge in [-0.05, 0) is 48.9 Å². The second-order valence-corrected chi connectivity index (χ2v) is 10.0. The molecule has 0 radical (unpaired) electrons. The SMILES string of the molecule is Cc1cc(Cc2ccc(N)c(Oc3cccc4ccn(S(=O)(=O)c5ccccc5)c34)c2F)n[nH]c1=O. The summed E-state index contributed by atoms with van der Waals surface area (Å²) in [6.07, 6.45) is 1.52. The highest BCUT2D eigenvalue weighted by Gasteiger charge is 2.23. The molecule has 0 fully saturated rings. The number of para-hydroxylation sites is 1. The predicted molar refractivity (Wildman–Crippen MR) is 134 cm³/mol. The first-order valence-corrected chi connectivity index (χ1v) is 12.4. The number of nitrogens with one attached hydrogen (secondary N) is 1. The van der Waals surface area contributed by atoms with Crippen molar-refractivity contribution in [2.24, 2.45) is 0 Å². The molecular weight excluding hydrogens is 483 g/mol. The molecule has 0 aliphatic heterocycles. The summed E-state index contributed by atoms with van der Waals surface area (Å²) in [4.78, 5) is 11.7. The van der Waals surface area contributed by atoms with Gasteiger partial charge in [0.15, 0.2) is 17.3 Å². The highest BCUT2D eigenvalue weighted by atomic mass is 32.2. The molecular formula is C26H21FN4O4S. The first-order chi connectivity index (χ1) is 17.3. The molecule has 2 heterocycles. The lowest BCUT2D eigenvalue weighted by molar-refractivity contribution is 0.444. The zero-order chi connectivity index (χ0) is 25.4. The number of hydrogen-bond donors (Lipinski definition) is 2. The quantitative estimate of drug-likeness (QED) is 0.331. The fourth-order valence-electron chi connectivity index (χ4n) is 3.93. The summed E-state index contributed by atoms with van der Waals surface area (Å²) < 4.78 is 49.3. The van der Waals surface area contributed by atoms with Gasteiger partial charge in [0.2, 0.25) is 0 Å². The van der Waals surface area contributed by atoms with Crippen molar-refractivity contribution >= 4 is 26.6 Å². The Morgan fingerprint density at radius 2 is 1.83 bits per heavy atom. The Morgan fingerprint density at radius 3 is 2.58 bits per heavy atom. The van der Waals surface area contributed by atoms with Crippen LogP contribution in [0.5, 0.6) is 11.5 Å². The van der Waals surface area contributed by atoms with Crippen molar-refractivity contribution in [2.45, 2.75) is 18.2 Å². The monoisotopic (exact) mass is 504 g/mol. The topological polar surface area (TPSA) is 120 Å². The largest absolute Gasteiger partial charge is 0.450 e. The molecule has 8 nitrogen and oxygen atoms in total. The number of benzene rings is 3. The number of nitrogens with zero attached hydrogens (tertiary/aromatic N) is 2. The van der Waals surface area contributed by atoms with Crippen LogP contribution in [-0.2, 0) is 16.4 Å². The van der Waals surface area contributed by atoms with Crippen molar-refractivity contribution in [3.63, 3.8) is 0 Å². The van der Waals surface area contributed by atoms with Crippen LogP contribution in [0.1, 0.15) is 16.8 Å². The zero-order valence-electron chi connectivity index (χ0n) is 19.1. The van der Waals surface area contributed by atoms with E-state index in [1.807, 2.05) is 0 Å².